The van der Waals surface area contributed by atoms with E-state index in [0.29, 0.717) is 5.56 Å². The summed E-state index contributed by atoms with van der Waals surface area (Å²) in [5.41, 5.74) is 2.56. The Balaban J connectivity index is 2.17. The molecule has 0 unspecified atom stereocenters. The Bertz CT molecular complexity index is 413. The molecular weight excluding hydrogens is 252 g/mol. The van der Waals surface area contributed by atoms with Crippen LogP contribution >= 0.6 is 0 Å². The van der Waals surface area contributed by atoms with Crippen LogP contribution in [0, 0.1) is 27.4 Å². The molecule has 0 fully saturated rings. The van der Waals surface area contributed by atoms with Crippen molar-refractivity contribution in [3.63, 3.8) is 0 Å². The maximum Gasteiger partial charge on any atom is 0.373 e. The first-order valence-electron chi connectivity index (χ1n) is 7.21. The minimum absolute atomic E-state index is 0.448. The van der Waals surface area contributed by atoms with Gasteiger partial charge in [0, 0.05) is 0 Å². The van der Waals surface area contributed by atoms with Crippen LogP contribution in [0.2, 0.25) is 0 Å². The Kier molecular flexibility index (Phi) is 7.97. The predicted octanol–water partition coefficient (Wildman–Crippen LogP) is 4.73. The lowest BCUT2D eigenvalue weighted by Gasteiger charge is -2.06. The van der Waals surface area contributed by atoms with E-state index in [1.807, 2.05) is 26.0 Å². The molecule has 1 aromatic carbocycles. The second-order valence-electron chi connectivity index (χ2n) is 5.01. The summed E-state index contributed by atoms with van der Waals surface area (Å²) >= 11 is 0. The molecule has 0 saturated carbocycles. The molecule has 20 heavy (non-hydrogen) atoms. The van der Waals surface area contributed by atoms with E-state index >= 15 is 0 Å². The van der Waals surface area contributed by atoms with Crippen LogP contribution in [0.5, 0.6) is 0 Å². The number of carbonyl (C=O) groups excluding carboxylic acids is 1. The average Bonchev–Trinajstić information content (AvgIpc) is 2.41. The van der Waals surface area contributed by atoms with Gasteiger partial charge in [0.1, 0.15) is 6.61 Å². The van der Waals surface area contributed by atoms with Gasteiger partial charge in [-0.25, -0.2) is 4.79 Å². The van der Waals surface area contributed by atoms with Crippen molar-refractivity contribution in [2.45, 2.75) is 52.4 Å². The van der Waals surface area contributed by atoms with Gasteiger partial charge in [0.05, 0.1) is 5.56 Å². The maximum absolute atomic E-state index is 11.8. The van der Waals surface area contributed by atoms with Crippen LogP contribution in [-0.2, 0) is 9.78 Å². The van der Waals surface area contributed by atoms with Crippen molar-refractivity contribution in [2.24, 2.45) is 0 Å². The summed E-state index contributed by atoms with van der Waals surface area (Å²) in [5.74, 6) is -0.448. The highest BCUT2D eigenvalue weighted by Crippen LogP contribution is 2.13. The van der Waals surface area contributed by atoms with Gasteiger partial charge >= 0.3 is 5.97 Å². The van der Waals surface area contributed by atoms with Crippen molar-refractivity contribution in [3.8, 4) is 0 Å². The minimum atomic E-state index is -0.448. The van der Waals surface area contributed by atoms with E-state index in [1.165, 1.54) is 12.8 Å². The second-order valence-corrected chi connectivity index (χ2v) is 5.01. The van der Waals surface area contributed by atoms with Crippen LogP contribution in [0.1, 0.15) is 60.0 Å². The fraction of sp³-hybridized carbons (Fsp3) is 0.471. The van der Waals surface area contributed by atoms with Crippen molar-refractivity contribution < 1.29 is 14.6 Å². The molecule has 0 amide bonds. The lowest BCUT2D eigenvalue weighted by Crippen LogP contribution is -2.07. The summed E-state index contributed by atoms with van der Waals surface area (Å²) in [4.78, 5) is 21.4. The van der Waals surface area contributed by atoms with Gasteiger partial charge in [-0.3, -0.25) is 4.89 Å². The summed E-state index contributed by atoms with van der Waals surface area (Å²) in [6, 6.07) is 5.59. The molecule has 0 aromatic heterocycles. The highest BCUT2D eigenvalue weighted by atomic mass is 17.2. The fourth-order valence-corrected chi connectivity index (χ4v) is 1.97. The Morgan fingerprint density at radius 1 is 1.20 bits per heavy atom. The number of carbonyl (C=O) groups is 1. The molecule has 0 heterocycles. The number of benzene rings is 1. The predicted molar refractivity (Wildman–Crippen MR) is 79.8 cm³/mol. The molecule has 110 valence electrons. The summed E-state index contributed by atoms with van der Waals surface area (Å²) in [5, 5.41) is 0. The largest absolute Gasteiger partial charge is 0.373 e. The molecule has 2 radical (unpaired) electrons. The van der Waals surface area contributed by atoms with Crippen molar-refractivity contribution in [1.82, 2.24) is 0 Å². The van der Waals surface area contributed by atoms with E-state index in [-0.39, 0.29) is 0 Å². The molecular formula is C17H24O3. The van der Waals surface area contributed by atoms with Gasteiger partial charge in [-0.05, 0) is 31.9 Å². The Labute approximate surface area is 122 Å². The normalized spacial score (nSPS) is 10.6. The number of hydrogen-bond acceptors (Lipinski definition) is 3. The van der Waals surface area contributed by atoms with E-state index in [2.05, 4.69) is 6.92 Å². The number of hydrogen-bond donors (Lipinski definition) is 0. The lowest BCUT2D eigenvalue weighted by molar-refractivity contribution is -0.213. The van der Waals surface area contributed by atoms with Crippen molar-refractivity contribution >= 4 is 5.97 Å². The van der Waals surface area contributed by atoms with E-state index in [9.17, 15) is 4.79 Å². The summed E-state index contributed by atoms with van der Waals surface area (Å²) in [7, 11) is 0. The van der Waals surface area contributed by atoms with Gasteiger partial charge in [-0.1, -0.05) is 56.7 Å². The minimum Gasteiger partial charge on any atom is -0.292 e. The zero-order valence-corrected chi connectivity index (χ0v) is 12.5. The third kappa shape index (κ3) is 6.20. The highest BCUT2D eigenvalue weighted by molar-refractivity contribution is 5.90. The molecule has 0 aliphatic rings. The van der Waals surface area contributed by atoms with E-state index < -0.39 is 5.97 Å². The number of unbranched alkanes of at least 4 members (excludes halogenated alkanes) is 5. The zero-order valence-electron chi connectivity index (χ0n) is 12.5. The maximum atomic E-state index is 11.8. The molecule has 1 rings (SSSR count). The molecule has 0 N–H and O–H groups in total. The standard InChI is InChI=1S/C17H24O3/c1-4-5-6-7-8-9-12-19-20-17(18)16-11-10-14(2)13-15(16)3/h10-13H,1,4-9H2,2-3H3. The van der Waals surface area contributed by atoms with Crippen LogP contribution in [0.15, 0.2) is 18.2 Å². The van der Waals surface area contributed by atoms with Crippen molar-refractivity contribution in [1.29, 1.82) is 0 Å². The molecule has 0 aliphatic heterocycles. The fourth-order valence-electron chi connectivity index (χ4n) is 1.97. The van der Waals surface area contributed by atoms with Crippen LogP contribution in [0.3, 0.4) is 0 Å². The third-order valence-corrected chi connectivity index (χ3v) is 3.12. The van der Waals surface area contributed by atoms with E-state index in [1.54, 1.807) is 12.7 Å². The summed E-state index contributed by atoms with van der Waals surface area (Å²) in [6.07, 6.45) is 6.34. The quantitative estimate of drug-likeness (QED) is 0.371. The Morgan fingerprint density at radius 2 is 1.95 bits per heavy atom. The monoisotopic (exact) mass is 276 g/mol. The lowest BCUT2D eigenvalue weighted by atomic mass is 10.1. The SMILES string of the molecule is [CH2]CCCCCC[CH]OOC(=O)c1ccc(C)cc1C. The van der Waals surface area contributed by atoms with Gasteiger partial charge in [0.15, 0.2) is 0 Å². The van der Waals surface area contributed by atoms with Gasteiger partial charge in [-0.15, -0.1) is 0 Å². The number of rotatable bonds is 9. The number of aryl methyl sites for hydroxylation is 2. The smallest absolute Gasteiger partial charge is 0.292 e. The van der Waals surface area contributed by atoms with Crippen LogP contribution in [0.4, 0.5) is 0 Å². The van der Waals surface area contributed by atoms with Gasteiger partial charge in [0.2, 0.25) is 0 Å². The molecule has 0 atom stereocenters. The molecule has 0 aliphatic carbocycles. The first-order chi connectivity index (χ1) is 9.65. The molecule has 0 spiro atoms. The average molecular weight is 276 g/mol. The first-order valence-corrected chi connectivity index (χ1v) is 7.21. The molecule has 1 aromatic rings. The van der Waals surface area contributed by atoms with E-state index in [4.69, 9.17) is 9.78 Å². The summed E-state index contributed by atoms with van der Waals surface area (Å²) in [6.45, 7) is 9.22. The summed E-state index contributed by atoms with van der Waals surface area (Å²) < 4.78 is 0. The van der Waals surface area contributed by atoms with Gasteiger partial charge in [0.25, 0.3) is 0 Å². The molecule has 0 saturated heterocycles. The highest BCUT2D eigenvalue weighted by Gasteiger charge is 2.11. The molecule has 0 bridgehead atoms. The topological polar surface area (TPSA) is 35.5 Å². The van der Waals surface area contributed by atoms with Crippen LogP contribution in [0.25, 0.3) is 0 Å². The van der Waals surface area contributed by atoms with Crippen LogP contribution in [-0.4, -0.2) is 5.97 Å². The second kappa shape index (κ2) is 9.54. The van der Waals surface area contributed by atoms with Gasteiger partial charge in [-0.2, -0.15) is 4.89 Å². The first kappa shape index (κ1) is 16.7. The van der Waals surface area contributed by atoms with Crippen LogP contribution < -0.4 is 0 Å². The Morgan fingerprint density at radius 3 is 2.65 bits per heavy atom. The molecule has 3 heteroatoms. The molecule has 3 nitrogen and oxygen atoms in total. The zero-order chi connectivity index (χ0) is 14.8. The van der Waals surface area contributed by atoms with Gasteiger partial charge < -0.3 is 0 Å². The van der Waals surface area contributed by atoms with Crippen molar-refractivity contribution in [2.75, 3.05) is 0 Å². The van der Waals surface area contributed by atoms with E-state index in [0.717, 1.165) is 36.8 Å². The van der Waals surface area contributed by atoms with Crippen molar-refractivity contribution in [3.05, 3.63) is 48.4 Å². The Hall–Kier alpha value is -1.35. The third-order valence-electron chi connectivity index (χ3n) is 3.12.